The Bertz CT molecular complexity index is 1680. The lowest BCUT2D eigenvalue weighted by Crippen LogP contribution is -2.18. The summed E-state index contributed by atoms with van der Waals surface area (Å²) < 4.78 is 26.5. The second-order valence-corrected chi connectivity index (χ2v) is 9.79. The standard InChI is InChI=1S/C31H23FIN3O3/c1-38-29-16-23(33)15-22(30(29)39-19-21-11-5-7-13-26(21)32)18-34-36-31(37)25-17-28(20-9-3-2-4-10-20)35-27-14-8-6-12-24(25)27/h2-18H,19H2,1H3,(H,36,37)/b34-18-. The molecule has 1 N–H and O–H groups in total. The van der Waals surface area contributed by atoms with Crippen LogP contribution in [0.3, 0.4) is 0 Å². The quantitative estimate of drug-likeness (QED) is 0.114. The summed E-state index contributed by atoms with van der Waals surface area (Å²) in [5.41, 5.74) is 6.36. The number of para-hydroxylation sites is 1. The normalized spacial score (nSPS) is 11.1. The van der Waals surface area contributed by atoms with Gasteiger partial charge in [-0.3, -0.25) is 4.79 Å². The predicted octanol–water partition coefficient (Wildman–Crippen LogP) is 7.00. The third-order valence-corrected chi connectivity index (χ3v) is 6.62. The van der Waals surface area contributed by atoms with Crippen LogP contribution < -0.4 is 14.9 Å². The molecule has 0 aliphatic carbocycles. The number of ether oxygens (including phenoxy) is 2. The Morgan fingerprint density at radius 3 is 2.54 bits per heavy atom. The minimum Gasteiger partial charge on any atom is -0.493 e. The van der Waals surface area contributed by atoms with E-state index in [1.54, 1.807) is 30.3 Å². The number of amides is 1. The number of hydrogen-bond acceptors (Lipinski definition) is 5. The second kappa shape index (κ2) is 12.0. The van der Waals surface area contributed by atoms with Crippen LogP contribution in [0.25, 0.3) is 22.2 Å². The van der Waals surface area contributed by atoms with Gasteiger partial charge in [0.25, 0.3) is 5.91 Å². The largest absolute Gasteiger partial charge is 0.493 e. The molecule has 5 aromatic rings. The topological polar surface area (TPSA) is 72.8 Å². The monoisotopic (exact) mass is 631 g/mol. The van der Waals surface area contributed by atoms with Crippen molar-refractivity contribution in [2.24, 2.45) is 5.10 Å². The van der Waals surface area contributed by atoms with E-state index in [2.05, 4.69) is 33.1 Å². The molecule has 8 heteroatoms. The smallest absolute Gasteiger partial charge is 0.272 e. The van der Waals surface area contributed by atoms with Crippen LogP contribution in [0.5, 0.6) is 11.5 Å². The Morgan fingerprint density at radius 2 is 1.74 bits per heavy atom. The van der Waals surface area contributed by atoms with Gasteiger partial charge in [-0.2, -0.15) is 5.10 Å². The Kier molecular flexibility index (Phi) is 8.12. The van der Waals surface area contributed by atoms with E-state index < -0.39 is 0 Å². The number of fused-ring (bicyclic) bond motifs is 1. The number of aromatic nitrogens is 1. The maximum absolute atomic E-state index is 14.1. The van der Waals surface area contributed by atoms with Gasteiger partial charge < -0.3 is 9.47 Å². The highest BCUT2D eigenvalue weighted by Crippen LogP contribution is 2.33. The second-order valence-electron chi connectivity index (χ2n) is 8.54. The van der Waals surface area contributed by atoms with Crippen molar-refractivity contribution < 1.29 is 18.7 Å². The maximum Gasteiger partial charge on any atom is 0.272 e. The van der Waals surface area contributed by atoms with Crippen LogP contribution in [-0.4, -0.2) is 24.2 Å². The first-order valence-corrected chi connectivity index (χ1v) is 13.1. The first-order valence-electron chi connectivity index (χ1n) is 12.1. The van der Waals surface area contributed by atoms with Gasteiger partial charge in [0.2, 0.25) is 0 Å². The van der Waals surface area contributed by atoms with Gasteiger partial charge in [-0.1, -0.05) is 66.7 Å². The van der Waals surface area contributed by atoms with Gasteiger partial charge in [0.15, 0.2) is 11.5 Å². The van der Waals surface area contributed by atoms with Gasteiger partial charge in [-0.25, -0.2) is 14.8 Å². The molecule has 0 bridgehead atoms. The number of pyridine rings is 1. The van der Waals surface area contributed by atoms with E-state index in [1.807, 2.05) is 60.7 Å². The fourth-order valence-electron chi connectivity index (χ4n) is 4.10. The lowest BCUT2D eigenvalue weighted by atomic mass is 10.0. The Labute approximate surface area is 238 Å². The summed E-state index contributed by atoms with van der Waals surface area (Å²) in [6.45, 7) is 0.00208. The first-order chi connectivity index (χ1) is 19.0. The minimum absolute atomic E-state index is 0.00208. The minimum atomic E-state index is -0.381. The maximum atomic E-state index is 14.1. The summed E-state index contributed by atoms with van der Waals surface area (Å²) in [4.78, 5) is 18.0. The molecule has 6 nitrogen and oxygen atoms in total. The molecule has 5 rings (SSSR count). The molecular weight excluding hydrogens is 608 g/mol. The third kappa shape index (κ3) is 6.06. The SMILES string of the molecule is COc1cc(I)cc(/C=N\NC(=O)c2cc(-c3ccccc3)nc3ccccc23)c1OCc1ccccc1F. The molecule has 0 aliphatic rings. The Hall–Kier alpha value is -4.31. The van der Waals surface area contributed by atoms with Crippen molar-refractivity contribution in [3.63, 3.8) is 0 Å². The van der Waals surface area contributed by atoms with E-state index in [9.17, 15) is 9.18 Å². The molecule has 0 atom stereocenters. The lowest BCUT2D eigenvalue weighted by Gasteiger charge is -2.14. The average Bonchev–Trinajstić information content (AvgIpc) is 2.97. The molecule has 4 aromatic carbocycles. The van der Waals surface area contributed by atoms with Crippen LogP contribution >= 0.6 is 22.6 Å². The highest BCUT2D eigenvalue weighted by atomic mass is 127. The lowest BCUT2D eigenvalue weighted by molar-refractivity contribution is 0.0956. The zero-order chi connectivity index (χ0) is 27.2. The van der Waals surface area contributed by atoms with E-state index in [0.29, 0.717) is 39.4 Å². The van der Waals surface area contributed by atoms with Crippen LogP contribution in [-0.2, 0) is 6.61 Å². The number of methoxy groups -OCH3 is 1. The predicted molar refractivity (Wildman–Crippen MR) is 159 cm³/mol. The molecule has 194 valence electrons. The average molecular weight is 631 g/mol. The highest BCUT2D eigenvalue weighted by molar-refractivity contribution is 14.1. The Morgan fingerprint density at radius 1 is 1.00 bits per heavy atom. The molecule has 0 unspecified atom stereocenters. The molecular formula is C31H23FIN3O3. The number of hydrogen-bond donors (Lipinski definition) is 1. The van der Waals surface area contributed by atoms with Gasteiger partial charge >= 0.3 is 0 Å². The summed E-state index contributed by atoms with van der Waals surface area (Å²) in [7, 11) is 1.53. The molecule has 39 heavy (non-hydrogen) atoms. The molecule has 0 spiro atoms. The summed E-state index contributed by atoms with van der Waals surface area (Å²) in [6.07, 6.45) is 1.49. The summed E-state index contributed by atoms with van der Waals surface area (Å²) in [6, 6.07) is 29.0. The summed E-state index contributed by atoms with van der Waals surface area (Å²) in [5, 5.41) is 4.94. The Balaban J connectivity index is 1.43. The van der Waals surface area contributed by atoms with Gasteiger partial charge in [-0.05, 0) is 52.9 Å². The van der Waals surface area contributed by atoms with Crippen molar-refractivity contribution in [2.45, 2.75) is 6.61 Å². The number of benzene rings is 4. The van der Waals surface area contributed by atoms with Crippen molar-refractivity contribution in [3.05, 3.63) is 123 Å². The number of hydrazone groups is 1. The first kappa shape index (κ1) is 26.3. The van der Waals surface area contributed by atoms with Crippen LogP contribution in [0, 0.1) is 9.39 Å². The van der Waals surface area contributed by atoms with Crippen molar-refractivity contribution in [2.75, 3.05) is 7.11 Å². The van der Waals surface area contributed by atoms with Gasteiger partial charge in [0, 0.05) is 25.6 Å². The molecule has 0 radical (unpaired) electrons. The van der Waals surface area contributed by atoms with Crippen molar-refractivity contribution in [1.82, 2.24) is 10.4 Å². The fourth-order valence-corrected chi connectivity index (χ4v) is 4.72. The molecule has 0 aliphatic heterocycles. The van der Waals surface area contributed by atoms with Crippen LogP contribution in [0.1, 0.15) is 21.5 Å². The van der Waals surface area contributed by atoms with E-state index in [1.165, 1.54) is 19.4 Å². The van der Waals surface area contributed by atoms with Gasteiger partial charge in [-0.15, -0.1) is 0 Å². The number of carbonyl (C=O) groups is 1. The zero-order valence-corrected chi connectivity index (χ0v) is 23.1. The third-order valence-electron chi connectivity index (χ3n) is 6.00. The molecule has 0 saturated heterocycles. The zero-order valence-electron chi connectivity index (χ0n) is 20.9. The van der Waals surface area contributed by atoms with Crippen LogP contribution in [0.15, 0.2) is 102 Å². The van der Waals surface area contributed by atoms with Crippen molar-refractivity contribution in [3.8, 4) is 22.8 Å². The highest BCUT2D eigenvalue weighted by Gasteiger charge is 2.15. The van der Waals surface area contributed by atoms with E-state index in [-0.39, 0.29) is 18.3 Å². The van der Waals surface area contributed by atoms with Crippen LogP contribution in [0.4, 0.5) is 4.39 Å². The van der Waals surface area contributed by atoms with E-state index >= 15 is 0 Å². The number of halogens is 2. The van der Waals surface area contributed by atoms with E-state index in [4.69, 9.17) is 14.5 Å². The van der Waals surface area contributed by atoms with E-state index in [0.717, 1.165) is 14.5 Å². The summed E-state index contributed by atoms with van der Waals surface area (Å²) in [5.74, 6) is 0.121. The van der Waals surface area contributed by atoms with Gasteiger partial charge in [0.1, 0.15) is 12.4 Å². The number of carbonyl (C=O) groups excluding carboxylic acids is 1. The molecule has 0 saturated carbocycles. The van der Waals surface area contributed by atoms with Crippen LogP contribution in [0.2, 0.25) is 0 Å². The molecule has 1 heterocycles. The van der Waals surface area contributed by atoms with Crippen molar-refractivity contribution in [1.29, 1.82) is 0 Å². The summed E-state index contributed by atoms with van der Waals surface area (Å²) >= 11 is 2.16. The molecule has 1 aromatic heterocycles. The van der Waals surface area contributed by atoms with Crippen molar-refractivity contribution >= 4 is 45.6 Å². The number of nitrogens with zero attached hydrogens (tertiary/aromatic N) is 2. The van der Waals surface area contributed by atoms with Gasteiger partial charge in [0.05, 0.1) is 30.1 Å². The number of nitrogens with one attached hydrogen (secondary N) is 1. The molecule has 0 fully saturated rings. The fraction of sp³-hybridized carbons (Fsp3) is 0.0645. The molecule has 1 amide bonds. The number of rotatable bonds is 8.